The highest BCUT2D eigenvalue weighted by molar-refractivity contribution is 6.34. The van der Waals surface area contributed by atoms with E-state index in [1.807, 2.05) is 19.9 Å². The lowest BCUT2D eigenvalue weighted by molar-refractivity contribution is -0.123. The topological polar surface area (TPSA) is 69.2 Å². The van der Waals surface area contributed by atoms with Gasteiger partial charge in [-0.15, -0.1) is 0 Å². The average molecular weight is 411 g/mol. The Morgan fingerprint density at radius 2 is 1.74 bits per heavy atom. The van der Waals surface area contributed by atoms with Gasteiger partial charge in [-0.05, 0) is 49.7 Å². The fraction of sp³-hybridized carbons (Fsp3) is 0.263. The molecule has 8 heteroatoms. The summed E-state index contributed by atoms with van der Waals surface area (Å²) >= 11 is 11.8. The van der Waals surface area contributed by atoms with Crippen molar-refractivity contribution in [2.75, 3.05) is 19.8 Å². The molecule has 0 aliphatic rings. The number of nitrogens with zero attached hydrogens (tertiary/aromatic N) is 1. The van der Waals surface area contributed by atoms with Crippen LogP contribution in [0, 0.1) is 0 Å². The van der Waals surface area contributed by atoms with E-state index in [4.69, 9.17) is 37.4 Å². The maximum Gasteiger partial charge on any atom is 0.277 e. The van der Waals surface area contributed by atoms with Crippen molar-refractivity contribution in [3.8, 4) is 17.2 Å². The van der Waals surface area contributed by atoms with Crippen LogP contribution in [-0.4, -0.2) is 31.9 Å². The van der Waals surface area contributed by atoms with Gasteiger partial charge in [0.15, 0.2) is 18.1 Å². The maximum absolute atomic E-state index is 11.8. The van der Waals surface area contributed by atoms with Crippen molar-refractivity contribution < 1.29 is 19.0 Å². The van der Waals surface area contributed by atoms with Gasteiger partial charge in [0.25, 0.3) is 5.91 Å². The summed E-state index contributed by atoms with van der Waals surface area (Å²) in [5.41, 5.74) is 3.14. The van der Waals surface area contributed by atoms with Gasteiger partial charge >= 0.3 is 0 Å². The van der Waals surface area contributed by atoms with Crippen molar-refractivity contribution in [2.45, 2.75) is 13.8 Å². The third kappa shape index (κ3) is 6.66. The third-order valence-corrected chi connectivity index (χ3v) is 3.77. The molecule has 1 amide bonds. The molecule has 0 unspecified atom stereocenters. The van der Waals surface area contributed by atoms with Crippen LogP contribution >= 0.6 is 23.2 Å². The minimum absolute atomic E-state index is 0.245. The van der Waals surface area contributed by atoms with Crippen LogP contribution in [-0.2, 0) is 4.79 Å². The van der Waals surface area contributed by atoms with Gasteiger partial charge in [0.2, 0.25) is 0 Å². The van der Waals surface area contributed by atoms with Crippen LogP contribution in [0.25, 0.3) is 0 Å². The SMILES string of the molecule is CCOc1ccc(/C=N/NC(=O)COc2cc(Cl)ccc2Cl)cc1OCC. The zero-order chi connectivity index (χ0) is 19.6. The Morgan fingerprint density at radius 3 is 2.48 bits per heavy atom. The summed E-state index contributed by atoms with van der Waals surface area (Å²) in [5.74, 6) is 1.18. The molecule has 0 saturated heterocycles. The number of carbonyl (C=O) groups excluding carboxylic acids is 1. The third-order valence-electron chi connectivity index (χ3n) is 3.22. The fourth-order valence-corrected chi connectivity index (χ4v) is 2.42. The molecule has 2 rings (SSSR count). The predicted octanol–water partition coefficient (Wildman–Crippen LogP) is 4.32. The molecule has 0 aliphatic heterocycles. The van der Waals surface area contributed by atoms with Crippen molar-refractivity contribution in [3.05, 3.63) is 52.0 Å². The van der Waals surface area contributed by atoms with Gasteiger partial charge in [0.1, 0.15) is 5.75 Å². The Kier molecular flexibility index (Phi) is 8.23. The molecule has 0 radical (unpaired) electrons. The van der Waals surface area contributed by atoms with E-state index < -0.39 is 5.91 Å². The van der Waals surface area contributed by atoms with Crippen LogP contribution < -0.4 is 19.6 Å². The van der Waals surface area contributed by atoms with Gasteiger partial charge in [-0.1, -0.05) is 23.2 Å². The van der Waals surface area contributed by atoms with Crippen LogP contribution in [0.1, 0.15) is 19.4 Å². The number of halogens is 2. The quantitative estimate of drug-likeness (QED) is 0.493. The molecule has 0 atom stereocenters. The number of benzene rings is 2. The number of hydrogen-bond donors (Lipinski definition) is 1. The zero-order valence-electron chi connectivity index (χ0n) is 15.0. The Morgan fingerprint density at radius 1 is 1.00 bits per heavy atom. The number of amides is 1. The second kappa shape index (κ2) is 10.6. The van der Waals surface area contributed by atoms with Crippen LogP contribution in [0.15, 0.2) is 41.5 Å². The highest BCUT2D eigenvalue weighted by Crippen LogP contribution is 2.28. The number of ether oxygens (including phenoxy) is 3. The fourth-order valence-electron chi connectivity index (χ4n) is 2.09. The van der Waals surface area contributed by atoms with E-state index in [0.717, 1.165) is 5.56 Å². The predicted molar refractivity (Wildman–Crippen MR) is 106 cm³/mol. The monoisotopic (exact) mass is 410 g/mol. The summed E-state index contributed by atoms with van der Waals surface area (Å²) in [6.45, 7) is 4.61. The number of hydrazone groups is 1. The molecular formula is C19H20Cl2N2O4. The minimum Gasteiger partial charge on any atom is -0.490 e. The zero-order valence-corrected chi connectivity index (χ0v) is 16.5. The first-order valence-electron chi connectivity index (χ1n) is 8.32. The van der Waals surface area contributed by atoms with Crippen molar-refractivity contribution in [2.24, 2.45) is 5.10 Å². The maximum atomic E-state index is 11.8. The molecule has 144 valence electrons. The smallest absolute Gasteiger partial charge is 0.277 e. The first-order chi connectivity index (χ1) is 13.0. The van der Waals surface area contributed by atoms with Gasteiger partial charge < -0.3 is 14.2 Å². The molecule has 2 aromatic carbocycles. The van der Waals surface area contributed by atoms with E-state index >= 15 is 0 Å². The number of nitrogens with one attached hydrogen (secondary N) is 1. The van der Waals surface area contributed by atoms with E-state index in [2.05, 4.69) is 10.5 Å². The molecule has 0 heterocycles. The lowest BCUT2D eigenvalue weighted by atomic mass is 10.2. The lowest BCUT2D eigenvalue weighted by Gasteiger charge is -2.11. The number of hydrogen-bond acceptors (Lipinski definition) is 5. The van der Waals surface area contributed by atoms with E-state index in [-0.39, 0.29) is 6.61 Å². The summed E-state index contributed by atoms with van der Waals surface area (Å²) in [6.07, 6.45) is 1.50. The molecule has 2 aromatic rings. The first kappa shape index (κ1) is 20.9. The normalized spacial score (nSPS) is 10.7. The molecule has 0 bridgehead atoms. The van der Waals surface area contributed by atoms with Gasteiger partial charge in [0.05, 0.1) is 24.5 Å². The van der Waals surface area contributed by atoms with E-state index in [1.54, 1.807) is 24.3 Å². The Hall–Kier alpha value is -2.44. The van der Waals surface area contributed by atoms with Crippen LogP contribution in [0.2, 0.25) is 10.0 Å². The van der Waals surface area contributed by atoms with E-state index in [1.165, 1.54) is 12.3 Å². The van der Waals surface area contributed by atoms with Crippen LogP contribution in [0.5, 0.6) is 17.2 Å². The van der Waals surface area contributed by atoms with Gasteiger partial charge in [0, 0.05) is 11.1 Å². The molecule has 0 spiro atoms. The summed E-state index contributed by atoms with van der Waals surface area (Å²) < 4.78 is 16.4. The van der Waals surface area contributed by atoms with Crippen LogP contribution in [0.4, 0.5) is 0 Å². The van der Waals surface area contributed by atoms with Crippen molar-refractivity contribution >= 4 is 35.3 Å². The highest BCUT2D eigenvalue weighted by Gasteiger charge is 2.07. The Labute approximate surface area is 168 Å². The molecule has 6 nitrogen and oxygen atoms in total. The Balaban J connectivity index is 1.91. The summed E-state index contributed by atoms with van der Waals surface area (Å²) in [6, 6.07) is 10.2. The lowest BCUT2D eigenvalue weighted by Crippen LogP contribution is -2.24. The van der Waals surface area contributed by atoms with Gasteiger partial charge in [-0.2, -0.15) is 5.10 Å². The minimum atomic E-state index is -0.432. The molecule has 0 aliphatic carbocycles. The van der Waals surface area contributed by atoms with Gasteiger partial charge in [-0.3, -0.25) is 4.79 Å². The van der Waals surface area contributed by atoms with Crippen molar-refractivity contribution in [3.63, 3.8) is 0 Å². The van der Waals surface area contributed by atoms with Crippen molar-refractivity contribution in [1.29, 1.82) is 0 Å². The van der Waals surface area contributed by atoms with Crippen molar-refractivity contribution in [1.82, 2.24) is 5.43 Å². The summed E-state index contributed by atoms with van der Waals surface area (Å²) in [4.78, 5) is 11.8. The second-order valence-electron chi connectivity index (χ2n) is 5.23. The molecule has 0 fully saturated rings. The average Bonchev–Trinajstić information content (AvgIpc) is 2.65. The molecule has 0 aromatic heterocycles. The largest absolute Gasteiger partial charge is 0.490 e. The molecule has 27 heavy (non-hydrogen) atoms. The molecule has 0 saturated carbocycles. The highest BCUT2D eigenvalue weighted by atomic mass is 35.5. The molecule has 1 N–H and O–H groups in total. The standard InChI is InChI=1S/C19H20Cl2N2O4/c1-3-25-16-8-5-13(9-18(16)26-4-2)11-22-23-19(24)12-27-17-10-14(20)6-7-15(17)21/h5-11H,3-4,12H2,1-2H3,(H,23,24)/b22-11+. The van der Waals surface area contributed by atoms with E-state index in [9.17, 15) is 4.79 Å². The van der Waals surface area contributed by atoms with E-state index in [0.29, 0.717) is 40.5 Å². The molecular weight excluding hydrogens is 391 g/mol. The Bertz CT molecular complexity index is 812. The number of carbonyl (C=O) groups is 1. The van der Waals surface area contributed by atoms with Crippen LogP contribution in [0.3, 0.4) is 0 Å². The van der Waals surface area contributed by atoms with Gasteiger partial charge in [-0.25, -0.2) is 5.43 Å². The number of rotatable bonds is 9. The summed E-state index contributed by atoms with van der Waals surface area (Å²) in [7, 11) is 0. The second-order valence-corrected chi connectivity index (χ2v) is 6.07. The first-order valence-corrected chi connectivity index (χ1v) is 9.08. The summed E-state index contributed by atoms with van der Waals surface area (Å²) in [5, 5.41) is 4.75.